The third-order valence-corrected chi connectivity index (χ3v) is 5.44. The fraction of sp³-hybridized carbons (Fsp3) is 0.0625. The van der Waals surface area contributed by atoms with Crippen molar-refractivity contribution in [3.8, 4) is 11.4 Å². The average Bonchev–Trinajstić information content (AvgIpc) is 2.97. The van der Waals surface area contributed by atoms with Gasteiger partial charge in [-0.2, -0.15) is 0 Å². The number of phenolic OH excluding ortho intramolecular Hbond substituents is 1. The first-order chi connectivity index (χ1) is 12.0. The van der Waals surface area contributed by atoms with Crippen LogP contribution in [0.3, 0.4) is 0 Å². The molecule has 1 amide bonds. The fourth-order valence-corrected chi connectivity index (χ4v) is 4.09. The number of rotatable bonds is 5. The fourth-order valence-electron chi connectivity index (χ4n) is 1.93. The van der Waals surface area contributed by atoms with E-state index in [-0.39, 0.29) is 23.2 Å². The molecule has 2 aromatic carbocycles. The van der Waals surface area contributed by atoms with E-state index in [9.17, 15) is 14.3 Å². The Morgan fingerprint density at radius 1 is 1.24 bits per heavy atom. The molecule has 3 aromatic rings. The van der Waals surface area contributed by atoms with Crippen LogP contribution in [0.2, 0.25) is 0 Å². The summed E-state index contributed by atoms with van der Waals surface area (Å²) in [5.74, 6) is -0.207. The summed E-state index contributed by atoms with van der Waals surface area (Å²) in [6.07, 6.45) is 0. The molecule has 2 N–H and O–H groups in total. The lowest BCUT2D eigenvalue weighted by Gasteiger charge is -2.04. The summed E-state index contributed by atoms with van der Waals surface area (Å²) in [5, 5.41) is 16.3. The van der Waals surface area contributed by atoms with Crippen molar-refractivity contribution >= 4 is 46.9 Å². The summed E-state index contributed by atoms with van der Waals surface area (Å²) in [5.41, 5.74) is 1.27. The van der Waals surface area contributed by atoms with Gasteiger partial charge in [0.25, 0.3) is 0 Å². The van der Waals surface area contributed by atoms with E-state index in [2.05, 4.69) is 10.4 Å². The van der Waals surface area contributed by atoms with Crippen LogP contribution in [0.4, 0.5) is 10.1 Å². The van der Waals surface area contributed by atoms with Gasteiger partial charge < -0.3 is 10.4 Å². The van der Waals surface area contributed by atoms with Gasteiger partial charge in [-0.3, -0.25) is 4.79 Å². The second kappa shape index (κ2) is 7.77. The van der Waals surface area contributed by atoms with Crippen LogP contribution in [0, 0.1) is 9.77 Å². The lowest BCUT2D eigenvalue weighted by molar-refractivity contribution is -0.113. The minimum absolute atomic E-state index is 0.137. The standard InChI is InChI=1S/C16H12FN3O2S3/c17-10-1-5-12(6-2-10)20-16(23)25-15(19-20)24-9-14(22)18-11-3-7-13(21)8-4-11/h1-8,21H,9H2,(H,18,22). The highest BCUT2D eigenvalue weighted by molar-refractivity contribution is 8.01. The molecule has 128 valence electrons. The van der Waals surface area contributed by atoms with Crippen molar-refractivity contribution in [3.05, 3.63) is 58.3 Å². The number of thioether (sulfide) groups is 1. The summed E-state index contributed by atoms with van der Waals surface area (Å²) >= 11 is 7.83. The normalized spacial score (nSPS) is 10.6. The Morgan fingerprint density at radius 2 is 1.92 bits per heavy atom. The van der Waals surface area contributed by atoms with Crippen molar-refractivity contribution in [2.24, 2.45) is 0 Å². The van der Waals surface area contributed by atoms with Gasteiger partial charge in [-0.05, 0) is 60.7 Å². The molecule has 0 aliphatic rings. The molecule has 1 aromatic heterocycles. The first kappa shape index (κ1) is 17.6. The van der Waals surface area contributed by atoms with Crippen LogP contribution in [0.5, 0.6) is 5.75 Å². The molecule has 0 radical (unpaired) electrons. The number of carbonyl (C=O) groups is 1. The van der Waals surface area contributed by atoms with Crippen molar-refractivity contribution in [2.45, 2.75) is 4.34 Å². The van der Waals surface area contributed by atoms with Gasteiger partial charge in [0.1, 0.15) is 11.6 Å². The van der Waals surface area contributed by atoms with E-state index < -0.39 is 0 Å². The van der Waals surface area contributed by atoms with Crippen molar-refractivity contribution in [1.82, 2.24) is 9.78 Å². The van der Waals surface area contributed by atoms with Crippen LogP contribution < -0.4 is 5.32 Å². The lowest BCUT2D eigenvalue weighted by atomic mass is 10.3. The highest BCUT2D eigenvalue weighted by Gasteiger charge is 2.10. The second-order valence-corrected chi connectivity index (χ2v) is 7.75. The third kappa shape index (κ3) is 4.65. The van der Waals surface area contributed by atoms with Gasteiger partial charge in [0.15, 0.2) is 8.29 Å². The number of halogens is 1. The maximum atomic E-state index is 13.0. The van der Waals surface area contributed by atoms with Crippen molar-refractivity contribution in [3.63, 3.8) is 0 Å². The minimum atomic E-state index is -0.328. The first-order valence-electron chi connectivity index (χ1n) is 7.09. The van der Waals surface area contributed by atoms with Gasteiger partial charge in [0, 0.05) is 5.69 Å². The predicted octanol–water partition coefficient (Wildman–Crippen LogP) is 4.24. The molecule has 0 fully saturated rings. The zero-order valence-corrected chi connectivity index (χ0v) is 15.1. The summed E-state index contributed by atoms with van der Waals surface area (Å²) in [6.45, 7) is 0. The molecule has 0 spiro atoms. The number of benzene rings is 2. The molecule has 0 bridgehead atoms. The number of aromatic nitrogens is 2. The molecule has 0 atom stereocenters. The zero-order valence-electron chi connectivity index (χ0n) is 12.7. The minimum Gasteiger partial charge on any atom is -0.508 e. The molecular formula is C16H12FN3O2S3. The molecule has 0 aliphatic heterocycles. The number of hydrogen-bond donors (Lipinski definition) is 2. The molecule has 5 nitrogen and oxygen atoms in total. The van der Waals surface area contributed by atoms with Crippen LogP contribution in [-0.4, -0.2) is 26.5 Å². The van der Waals surface area contributed by atoms with E-state index in [0.717, 1.165) is 0 Å². The molecule has 25 heavy (non-hydrogen) atoms. The summed E-state index contributed by atoms with van der Waals surface area (Å²) in [6, 6.07) is 12.1. The first-order valence-corrected chi connectivity index (χ1v) is 9.30. The quantitative estimate of drug-likeness (QED) is 0.386. The molecule has 0 unspecified atom stereocenters. The molecule has 3 rings (SSSR count). The summed E-state index contributed by atoms with van der Waals surface area (Å²) in [4.78, 5) is 12.0. The van der Waals surface area contributed by atoms with Crippen LogP contribution in [-0.2, 0) is 4.79 Å². The molecule has 9 heteroatoms. The molecule has 0 saturated carbocycles. The molecule has 0 saturated heterocycles. The van der Waals surface area contributed by atoms with Crippen molar-refractivity contribution in [1.29, 1.82) is 0 Å². The van der Waals surface area contributed by atoms with Crippen molar-refractivity contribution in [2.75, 3.05) is 11.1 Å². The number of nitrogens with zero attached hydrogens (tertiary/aromatic N) is 2. The monoisotopic (exact) mass is 393 g/mol. The van der Waals surface area contributed by atoms with Gasteiger partial charge in [-0.1, -0.05) is 23.1 Å². The Kier molecular flexibility index (Phi) is 5.47. The molecule has 0 aliphatic carbocycles. The number of hydrogen-bond acceptors (Lipinski definition) is 6. The number of anilines is 1. The second-order valence-electron chi connectivity index (χ2n) is 4.91. The van der Waals surface area contributed by atoms with E-state index in [1.807, 2.05) is 0 Å². The van der Waals surface area contributed by atoms with Gasteiger partial charge in [-0.15, -0.1) is 5.10 Å². The number of nitrogens with one attached hydrogen (secondary N) is 1. The maximum absolute atomic E-state index is 13.0. The van der Waals surface area contributed by atoms with Gasteiger partial charge in [-0.25, -0.2) is 9.07 Å². The number of aromatic hydroxyl groups is 1. The topological polar surface area (TPSA) is 67.2 Å². The zero-order chi connectivity index (χ0) is 17.8. The largest absolute Gasteiger partial charge is 0.508 e. The van der Waals surface area contributed by atoms with Gasteiger partial charge in [0.2, 0.25) is 5.91 Å². The third-order valence-electron chi connectivity index (χ3n) is 3.08. The van der Waals surface area contributed by atoms with E-state index in [1.165, 1.54) is 47.4 Å². The van der Waals surface area contributed by atoms with Crippen molar-refractivity contribution < 1.29 is 14.3 Å². The Labute approximate surface area is 156 Å². The summed E-state index contributed by atoms with van der Waals surface area (Å²) in [7, 11) is 0. The van der Waals surface area contributed by atoms with E-state index in [0.29, 0.717) is 19.7 Å². The molecule has 1 heterocycles. The highest BCUT2D eigenvalue weighted by Crippen LogP contribution is 2.24. The Morgan fingerprint density at radius 3 is 2.60 bits per heavy atom. The number of amides is 1. The smallest absolute Gasteiger partial charge is 0.234 e. The van der Waals surface area contributed by atoms with E-state index in [1.54, 1.807) is 28.9 Å². The predicted molar refractivity (Wildman–Crippen MR) is 99.7 cm³/mol. The SMILES string of the molecule is O=C(CSc1nn(-c2ccc(F)cc2)c(=S)s1)Nc1ccc(O)cc1. The summed E-state index contributed by atoms with van der Waals surface area (Å²) < 4.78 is 15.7. The van der Waals surface area contributed by atoms with Crippen LogP contribution >= 0.6 is 35.3 Å². The highest BCUT2D eigenvalue weighted by atomic mass is 32.2. The van der Waals surface area contributed by atoms with Gasteiger partial charge >= 0.3 is 0 Å². The lowest BCUT2D eigenvalue weighted by Crippen LogP contribution is -2.13. The Balaban J connectivity index is 1.63. The number of carbonyl (C=O) groups excluding carboxylic acids is 1. The van der Waals surface area contributed by atoms with Crippen LogP contribution in [0.25, 0.3) is 5.69 Å². The average molecular weight is 393 g/mol. The van der Waals surface area contributed by atoms with Crippen LogP contribution in [0.15, 0.2) is 52.9 Å². The Hall–Kier alpha value is -2.23. The van der Waals surface area contributed by atoms with E-state index in [4.69, 9.17) is 12.2 Å². The Bertz CT molecular complexity index is 937. The van der Waals surface area contributed by atoms with E-state index >= 15 is 0 Å². The number of phenols is 1. The molecular weight excluding hydrogens is 381 g/mol. The maximum Gasteiger partial charge on any atom is 0.234 e. The van der Waals surface area contributed by atoms with Gasteiger partial charge in [0.05, 0.1) is 11.4 Å². The van der Waals surface area contributed by atoms with Crippen LogP contribution in [0.1, 0.15) is 0 Å².